The van der Waals surface area contributed by atoms with Gasteiger partial charge in [-0.05, 0) is 42.5 Å². The molecule has 0 unspecified atom stereocenters. The molecule has 1 heterocycles. The molecule has 0 saturated carbocycles. The molecule has 0 spiro atoms. The number of esters is 1. The molecule has 0 atom stereocenters. The molecule has 1 aromatic rings. The van der Waals surface area contributed by atoms with Crippen molar-refractivity contribution in [1.82, 2.24) is 4.90 Å². The predicted octanol–water partition coefficient (Wildman–Crippen LogP) is 3.05. The van der Waals surface area contributed by atoms with Gasteiger partial charge in [0.05, 0.1) is 11.5 Å². The van der Waals surface area contributed by atoms with Crippen molar-refractivity contribution in [1.29, 1.82) is 0 Å². The van der Waals surface area contributed by atoms with Crippen LogP contribution in [0.4, 0.5) is 4.79 Å². The number of thioether (sulfide) groups is 1. The number of hydrogen-bond acceptors (Lipinski definition) is 5. The van der Waals surface area contributed by atoms with E-state index in [1.807, 2.05) is 24.3 Å². The first-order valence-corrected chi connectivity index (χ1v) is 7.78. The van der Waals surface area contributed by atoms with Crippen molar-refractivity contribution in [3.05, 3.63) is 39.2 Å². The van der Waals surface area contributed by atoms with Gasteiger partial charge in [-0.1, -0.05) is 28.1 Å². The molecule has 7 heteroatoms. The summed E-state index contributed by atoms with van der Waals surface area (Å²) in [7, 11) is 0. The summed E-state index contributed by atoms with van der Waals surface area (Å²) in [6.45, 7) is 1.53. The van der Waals surface area contributed by atoms with E-state index in [-0.39, 0.29) is 13.2 Å². The van der Waals surface area contributed by atoms with Crippen molar-refractivity contribution < 1.29 is 19.1 Å². The standard InChI is InChI=1S/C14H12BrNO4S/c1-2-20-12(17)8-16-13(18)11(21-14(16)19)7-9-3-5-10(15)6-4-9/h3-7H,2,8H2,1H3/b11-7-. The Balaban J connectivity index is 2.13. The van der Waals surface area contributed by atoms with Crippen LogP contribution in [0.2, 0.25) is 0 Å². The summed E-state index contributed by atoms with van der Waals surface area (Å²) in [6, 6.07) is 7.33. The van der Waals surface area contributed by atoms with Gasteiger partial charge in [0.15, 0.2) is 0 Å². The van der Waals surface area contributed by atoms with Gasteiger partial charge in [-0.15, -0.1) is 0 Å². The second-order valence-electron chi connectivity index (χ2n) is 4.12. The van der Waals surface area contributed by atoms with Gasteiger partial charge in [-0.25, -0.2) is 0 Å². The second-order valence-corrected chi connectivity index (χ2v) is 6.03. The summed E-state index contributed by atoms with van der Waals surface area (Å²) in [5.41, 5.74) is 0.805. The minimum Gasteiger partial charge on any atom is -0.465 e. The van der Waals surface area contributed by atoms with Crippen LogP contribution < -0.4 is 0 Å². The molecule has 2 rings (SSSR count). The van der Waals surface area contributed by atoms with E-state index < -0.39 is 17.1 Å². The number of nitrogens with zero attached hydrogens (tertiary/aromatic N) is 1. The Hall–Kier alpha value is -1.60. The van der Waals surface area contributed by atoms with Crippen molar-refractivity contribution in [3.63, 3.8) is 0 Å². The minimum atomic E-state index is -0.593. The lowest BCUT2D eigenvalue weighted by molar-refractivity contribution is -0.145. The number of halogens is 1. The lowest BCUT2D eigenvalue weighted by atomic mass is 10.2. The molecule has 1 aromatic carbocycles. The van der Waals surface area contributed by atoms with Gasteiger partial charge >= 0.3 is 5.97 Å². The fourth-order valence-corrected chi connectivity index (χ4v) is 2.79. The number of ether oxygens (including phenoxy) is 1. The molecule has 0 N–H and O–H groups in total. The lowest BCUT2D eigenvalue weighted by Crippen LogP contribution is -2.34. The first kappa shape index (κ1) is 15.8. The molecule has 0 radical (unpaired) electrons. The summed E-state index contributed by atoms with van der Waals surface area (Å²) in [5.74, 6) is -1.06. The maximum absolute atomic E-state index is 12.1. The number of rotatable bonds is 4. The molecule has 110 valence electrons. The molecular formula is C14H12BrNO4S. The van der Waals surface area contributed by atoms with Crippen molar-refractivity contribution in [2.75, 3.05) is 13.2 Å². The van der Waals surface area contributed by atoms with Gasteiger partial charge in [0.25, 0.3) is 11.1 Å². The largest absolute Gasteiger partial charge is 0.465 e. The van der Waals surface area contributed by atoms with Crippen molar-refractivity contribution in [3.8, 4) is 0 Å². The second kappa shape index (κ2) is 6.91. The van der Waals surface area contributed by atoms with Crippen molar-refractivity contribution >= 4 is 50.9 Å². The van der Waals surface area contributed by atoms with Gasteiger partial charge in [-0.2, -0.15) is 0 Å². The van der Waals surface area contributed by atoms with Crippen LogP contribution in [0.1, 0.15) is 12.5 Å². The zero-order chi connectivity index (χ0) is 15.4. The SMILES string of the molecule is CCOC(=O)CN1C(=O)S/C(=C\c2ccc(Br)cc2)C1=O. The molecule has 21 heavy (non-hydrogen) atoms. The highest BCUT2D eigenvalue weighted by Gasteiger charge is 2.36. The van der Waals surface area contributed by atoms with Gasteiger partial charge < -0.3 is 4.74 Å². The lowest BCUT2D eigenvalue weighted by Gasteiger charge is -2.10. The van der Waals surface area contributed by atoms with Crippen molar-refractivity contribution in [2.45, 2.75) is 6.92 Å². The summed E-state index contributed by atoms with van der Waals surface area (Å²) in [6.07, 6.45) is 1.63. The van der Waals surface area contributed by atoms with Crippen LogP contribution in [-0.2, 0) is 14.3 Å². The molecule has 1 fully saturated rings. The first-order valence-electron chi connectivity index (χ1n) is 6.18. The maximum atomic E-state index is 12.1. The summed E-state index contributed by atoms with van der Waals surface area (Å²) < 4.78 is 5.67. The predicted molar refractivity (Wildman–Crippen MR) is 83.5 cm³/mol. The molecule has 1 aliphatic heterocycles. The van der Waals surface area contributed by atoms with E-state index >= 15 is 0 Å². The Labute approximate surface area is 134 Å². The van der Waals surface area contributed by atoms with Crippen LogP contribution >= 0.6 is 27.7 Å². The Bertz CT molecular complexity index is 612. The fraction of sp³-hybridized carbons (Fsp3) is 0.214. The van der Waals surface area contributed by atoms with E-state index in [1.165, 1.54) is 0 Å². The van der Waals surface area contributed by atoms with E-state index in [1.54, 1.807) is 13.0 Å². The summed E-state index contributed by atoms with van der Waals surface area (Å²) in [5, 5.41) is -0.462. The first-order chi connectivity index (χ1) is 10.0. The molecule has 5 nitrogen and oxygen atoms in total. The molecule has 2 amide bonds. The molecule has 0 aliphatic carbocycles. The van der Waals surface area contributed by atoms with Crippen LogP contribution in [-0.4, -0.2) is 35.2 Å². The number of imide groups is 1. The normalized spacial score (nSPS) is 16.7. The van der Waals surface area contributed by atoms with Crippen LogP contribution in [0.5, 0.6) is 0 Å². The quantitative estimate of drug-likeness (QED) is 0.602. The Morgan fingerprint density at radius 2 is 2.00 bits per heavy atom. The highest BCUT2D eigenvalue weighted by atomic mass is 79.9. The number of carbonyl (C=O) groups excluding carboxylic acids is 3. The zero-order valence-electron chi connectivity index (χ0n) is 11.2. The Morgan fingerprint density at radius 1 is 1.33 bits per heavy atom. The third kappa shape index (κ3) is 3.95. The van der Waals surface area contributed by atoms with E-state index in [2.05, 4.69) is 15.9 Å². The fourth-order valence-electron chi connectivity index (χ4n) is 1.68. The van der Waals surface area contributed by atoms with Gasteiger partial charge in [0, 0.05) is 4.47 Å². The number of carbonyl (C=O) groups is 3. The number of hydrogen-bond donors (Lipinski definition) is 0. The van der Waals surface area contributed by atoms with Crippen LogP contribution in [0.15, 0.2) is 33.6 Å². The smallest absolute Gasteiger partial charge is 0.326 e. The average molecular weight is 370 g/mol. The van der Waals surface area contributed by atoms with Gasteiger partial charge in [-0.3, -0.25) is 19.3 Å². The van der Waals surface area contributed by atoms with Crippen molar-refractivity contribution in [2.24, 2.45) is 0 Å². The molecule has 0 aromatic heterocycles. The zero-order valence-corrected chi connectivity index (χ0v) is 13.6. The van der Waals surface area contributed by atoms with E-state index in [0.29, 0.717) is 4.91 Å². The summed E-state index contributed by atoms with van der Waals surface area (Å²) >= 11 is 4.14. The highest BCUT2D eigenvalue weighted by Crippen LogP contribution is 2.32. The van der Waals surface area contributed by atoms with Crippen LogP contribution in [0.3, 0.4) is 0 Å². The van der Waals surface area contributed by atoms with E-state index in [9.17, 15) is 14.4 Å². The Morgan fingerprint density at radius 3 is 2.62 bits per heavy atom. The molecule has 1 saturated heterocycles. The van der Waals surface area contributed by atoms with E-state index in [0.717, 1.165) is 26.7 Å². The molecular weight excluding hydrogens is 358 g/mol. The summed E-state index contributed by atoms with van der Waals surface area (Å²) in [4.78, 5) is 36.5. The van der Waals surface area contributed by atoms with Gasteiger partial charge in [0.1, 0.15) is 6.54 Å². The third-order valence-electron chi connectivity index (χ3n) is 2.63. The monoisotopic (exact) mass is 369 g/mol. The minimum absolute atomic E-state index is 0.212. The van der Waals surface area contributed by atoms with Gasteiger partial charge in [0.2, 0.25) is 0 Å². The third-order valence-corrected chi connectivity index (χ3v) is 4.07. The number of benzene rings is 1. The van der Waals surface area contributed by atoms with Crippen LogP contribution in [0, 0.1) is 0 Å². The Kier molecular flexibility index (Phi) is 5.19. The molecule has 1 aliphatic rings. The van der Waals surface area contributed by atoms with Crippen LogP contribution in [0.25, 0.3) is 6.08 Å². The molecule has 0 bridgehead atoms. The highest BCUT2D eigenvalue weighted by molar-refractivity contribution is 9.10. The maximum Gasteiger partial charge on any atom is 0.326 e. The number of amides is 2. The average Bonchev–Trinajstić information content (AvgIpc) is 2.69. The topological polar surface area (TPSA) is 63.7 Å². The van der Waals surface area contributed by atoms with E-state index in [4.69, 9.17) is 4.74 Å².